The van der Waals surface area contributed by atoms with Crippen molar-refractivity contribution in [1.82, 2.24) is 0 Å². The Balaban J connectivity index is 4.29. The minimum Gasteiger partial charge on any atom is -0.462 e. The van der Waals surface area contributed by atoms with E-state index in [-0.39, 0.29) is 31.1 Å². The second kappa shape index (κ2) is 46.9. The van der Waals surface area contributed by atoms with E-state index >= 15 is 0 Å². The monoisotopic (exact) mass is 849 g/mol. The standard InChI is InChI=1S/C54H104O6/c1-6-8-9-10-11-12-13-14-15-16-17-18-19-23-29-34-39-44-52(55)58-47-51(60-54(57)46-41-36-31-26-25-28-33-38-43-50(5)7-2)48-59-53(56)45-40-35-30-24-21-20-22-27-32-37-42-49(3)4/h49-51H,6-48H2,1-5H3/t50?,51-/m0/s1. The Morgan fingerprint density at radius 3 is 0.950 bits per heavy atom. The molecular weight excluding hydrogens is 745 g/mol. The molecule has 0 amide bonds. The van der Waals surface area contributed by atoms with E-state index < -0.39 is 6.10 Å². The van der Waals surface area contributed by atoms with Gasteiger partial charge < -0.3 is 14.2 Å². The molecule has 0 spiro atoms. The summed E-state index contributed by atoms with van der Waals surface area (Å²) >= 11 is 0. The summed E-state index contributed by atoms with van der Waals surface area (Å²) in [6.07, 6.45) is 48.0. The second-order valence-electron chi connectivity index (χ2n) is 19.2. The predicted octanol–water partition coefficient (Wildman–Crippen LogP) is 17.3. The van der Waals surface area contributed by atoms with E-state index in [1.165, 1.54) is 186 Å². The van der Waals surface area contributed by atoms with Crippen molar-refractivity contribution in [2.75, 3.05) is 13.2 Å². The maximum atomic E-state index is 12.8. The highest BCUT2D eigenvalue weighted by Crippen LogP contribution is 2.18. The number of carbonyl (C=O) groups is 3. The molecule has 0 aliphatic heterocycles. The third kappa shape index (κ3) is 45.9. The molecule has 1 unspecified atom stereocenters. The van der Waals surface area contributed by atoms with Crippen molar-refractivity contribution in [2.24, 2.45) is 11.8 Å². The predicted molar refractivity (Wildman–Crippen MR) is 256 cm³/mol. The third-order valence-electron chi connectivity index (χ3n) is 12.6. The second-order valence-corrected chi connectivity index (χ2v) is 19.2. The van der Waals surface area contributed by atoms with Crippen molar-refractivity contribution in [1.29, 1.82) is 0 Å². The van der Waals surface area contributed by atoms with E-state index in [1.807, 2.05) is 0 Å². The molecule has 60 heavy (non-hydrogen) atoms. The van der Waals surface area contributed by atoms with E-state index in [2.05, 4.69) is 34.6 Å². The number of carbonyl (C=O) groups excluding carboxylic acids is 3. The van der Waals surface area contributed by atoms with Crippen LogP contribution < -0.4 is 0 Å². The van der Waals surface area contributed by atoms with Gasteiger partial charge in [-0.05, 0) is 31.1 Å². The average Bonchev–Trinajstić information content (AvgIpc) is 3.23. The van der Waals surface area contributed by atoms with Crippen molar-refractivity contribution in [3.05, 3.63) is 0 Å². The first kappa shape index (κ1) is 58.4. The van der Waals surface area contributed by atoms with E-state index in [9.17, 15) is 14.4 Å². The summed E-state index contributed by atoms with van der Waals surface area (Å²) in [5.74, 6) is 0.815. The Bertz CT molecular complexity index is 918. The Morgan fingerprint density at radius 1 is 0.350 bits per heavy atom. The summed E-state index contributed by atoms with van der Waals surface area (Å²) in [6, 6.07) is 0. The Hall–Kier alpha value is -1.59. The van der Waals surface area contributed by atoms with Crippen LogP contribution in [-0.2, 0) is 28.6 Å². The van der Waals surface area contributed by atoms with E-state index in [0.29, 0.717) is 19.3 Å². The summed E-state index contributed by atoms with van der Waals surface area (Å²) in [4.78, 5) is 38.0. The molecule has 0 aliphatic carbocycles. The molecule has 0 saturated carbocycles. The zero-order valence-corrected chi connectivity index (χ0v) is 41.1. The number of rotatable bonds is 48. The zero-order chi connectivity index (χ0) is 44.0. The highest BCUT2D eigenvalue weighted by Gasteiger charge is 2.19. The fraction of sp³-hybridized carbons (Fsp3) is 0.944. The lowest BCUT2D eigenvalue weighted by atomic mass is 9.99. The maximum Gasteiger partial charge on any atom is 0.306 e. The summed E-state index contributed by atoms with van der Waals surface area (Å²) in [5.41, 5.74) is 0. The molecule has 6 nitrogen and oxygen atoms in total. The van der Waals surface area contributed by atoms with Gasteiger partial charge in [0.2, 0.25) is 0 Å². The molecule has 0 radical (unpaired) electrons. The number of unbranched alkanes of at least 4 members (excludes halogenated alkanes) is 32. The van der Waals surface area contributed by atoms with Crippen LogP contribution in [-0.4, -0.2) is 37.2 Å². The molecule has 0 saturated heterocycles. The van der Waals surface area contributed by atoms with E-state index in [0.717, 1.165) is 69.6 Å². The molecule has 2 atom stereocenters. The highest BCUT2D eigenvalue weighted by molar-refractivity contribution is 5.71. The fourth-order valence-corrected chi connectivity index (χ4v) is 8.13. The number of esters is 3. The summed E-state index contributed by atoms with van der Waals surface area (Å²) < 4.78 is 16.8. The largest absolute Gasteiger partial charge is 0.462 e. The minimum absolute atomic E-state index is 0.0639. The van der Waals surface area contributed by atoms with Crippen LogP contribution in [0.3, 0.4) is 0 Å². The molecule has 6 heteroatoms. The lowest BCUT2D eigenvalue weighted by Gasteiger charge is -2.18. The van der Waals surface area contributed by atoms with Crippen LogP contribution in [0.15, 0.2) is 0 Å². The van der Waals surface area contributed by atoms with Gasteiger partial charge in [0.05, 0.1) is 0 Å². The topological polar surface area (TPSA) is 78.9 Å². The van der Waals surface area contributed by atoms with Gasteiger partial charge in [0.1, 0.15) is 13.2 Å². The lowest BCUT2D eigenvalue weighted by molar-refractivity contribution is -0.167. The first-order chi connectivity index (χ1) is 29.3. The number of ether oxygens (including phenoxy) is 3. The number of hydrogen-bond donors (Lipinski definition) is 0. The molecule has 356 valence electrons. The Kier molecular flexibility index (Phi) is 45.7. The van der Waals surface area contributed by atoms with Crippen molar-refractivity contribution >= 4 is 17.9 Å². The molecule has 0 aromatic carbocycles. The minimum atomic E-state index is -0.762. The molecule has 0 fully saturated rings. The van der Waals surface area contributed by atoms with Gasteiger partial charge in [-0.2, -0.15) is 0 Å². The molecule has 0 bridgehead atoms. The number of hydrogen-bond acceptors (Lipinski definition) is 6. The van der Waals surface area contributed by atoms with Crippen LogP contribution in [0.25, 0.3) is 0 Å². The van der Waals surface area contributed by atoms with Crippen LogP contribution >= 0.6 is 0 Å². The van der Waals surface area contributed by atoms with Gasteiger partial charge in [-0.1, -0.05) is 259 Å². The van der Waals surface area contributed by atoms with E-state index in [4.69, 9.17) is 14.2 Å². The summed E-state index contributed by atoms with van der Waals surface area (Å²) in [6.45, 7) is 11.4. The smallest absolute Gasteiger partial charge is 0.306 e. The Labute approximate surface area is 374 Å². The molecule has 0 rings (SSSR count). The molecule has 0 aromatic heterocycles. The lowest BCUT2D eigenvalue weighted by Crippen LogP contribution is -2.30. The normalized spacial score (nSPS) is 12.5. The molecule has 0 heterocycles. The highest BCUT2D eigenvalue weighted by atomic mass is 16.6. The Morgan fingerprint density at radius 2 is 0.633 bits per heavy atom. The van der Waals surface area contributed by atoms with Crippen LogP contribution in [0.2, 0.25) is 0 Å². The quantitative estimate of drug-likeness (QED) is 0.0345. The van der Waals surface area contributed by atoms with Crippen LogP contribution in [0, 0.1) is 11.8 Å². The molecule has 0 N–H and O–H groups in total. The maximum absolute atomic E-state index is 12.8. The van der Waals surface area contributed by atoms with Gasteiger partial charge >= 0.3 is 17.9 Å². The fourth-order valence-electron chi connectivity index (χ4n) is 8.13. The van der Waals surface area contributed by atoms with Crippen LogP contribution in [0.1, 0.15) is 298 Å². The van der Waals surface area contributed by atoms with Crippen LogP contribution in [0.5, 0.6) is 0 Å². The first-order valence-corrected chi connectivity index (χ1v) is 26.8. The third-order valence-corrected chi connectivity index (χ3v) is 12.6. The average molecular weight is 849 g/mol. The van der Waals surface area contributed by atoms with Gasteiger partial charge in [0.15, 0.2) is 6.10 Å². The van der Waals surface area contributed by atoms with Gasteiger partial charge in [-0.3, -0.25) is 14.4 Å². The van der Waals surface area contributed by atoms with Crippen LogP contribution in [0.4, 0.5) is 0 Å². The van der Waals surface area contributed by atoms with Crippen molar-refractivity contribution in [3.63, 3.8) is 0 Å². The molecular formula is C54H104O6. The first-order valence-electron chi connectivity index (χ1n) is 26.8. The van der Waals surface area contributed by atoms with Gasteiger partial charge in [0, 0.05) is 19.3 Å². The van der Waals surface area contributed by atoms with Gasteiger partial charge in [-0.25, -0.2) is 0 Å². The van der Waals surface area contributed by atoms with Crippen molar-refractivity contribution in [2.45, 2.75) is 304 Å². The summed E-state index contributed by atoms with van der Waals surface area (Å²) in [7, 11) is 0. The zero-order valence-electron chi connectivity index (χ0n) is 41.1. The van der Waals surface area contributed by atoms with Crippen molar-refractivity contribution in [3.8, 4) is 0 Å². The summed E-state index contributed by atoms with van der Waals surface area (Å²) in [5, 5.41) is 0. The molecule has 0 aromatic rings. The SMILES string of the molecule is CCCCCCCCCCCCCCCCCCCC(=O)OC[C@@H](COC(=O)CCCCCCCCCCCCC(C)C)OC(=O)CCCCCCCCCCC(C)CC. The van der Waals surface area contributed by atoms with Crippen molar-refractivity contribution < 1.29 is 28.6 Å². The van der Waals surface area contributed by atoms with Gasteiger partial charge in [-0.15, -0.1) is 0 Å². The van der Waals surface area contributed by atoms with E-state index in [1.54, 1.807) is 0 Å². The van der Waals surface area contributed by atoms with Gasteiger partial charge in [0.25, 0.3) is 0 Å². The molecule has 0 aliphatic rings.